The largest absolute Gasteiger partial charge is 0.325 e. The van der Waals surface area contributed by atoms with Gasteiger partial charge in [0.15, 0.2) is 11.6 Å². The number of imide groups is 1. The first-order chi connectivity index (χ1) is 10.5. The number of amides is 2. The molecular weight excluding hydrogens is 288 g/mol. The molecule has 0 saturated heterocycles. The topological polar surface area (TPSA) is 147 Å². The molecule has 0 unspecified atom stereocenters. The molecule has 5 N–H and O–H groups in total. The molecule has 2 aromatic rings. The summed E-state index contributed by atoms with van der Waals surface area (Å²) in [5.41, 5.74) is 6.71. The molecular formula is C13H12N6O3. The number of carbonyl (C=O) groups excluding carboxylic acids is 2. The highest BCUT2D eigenvalue weighted by Gasteiger charge is 2.20. The Morgan fingerprint density at radius 1 is 1.23 bits per heavy atom. The van der Waals surface area contributed by atoms with Gasteiger partial charge in [-0.2, -0.15) is 5.10 Å². The van der Waals surface area contributed by atoms with E-state index in [0.29, 0.717) is 22.7 Å². The van der Waals surface area contributed by atoms with Gasteiger partial charge in [-0.15, -0.1) is 0 Å². The summed E-state index contributed by atoms with van der Waals surface area (Å²) in [7, 11) is 0. The number of carbonyl (C=O) groups is 2. The van der Waals surface area contributed by atoms with E-state index in [4.69, 9.17) is 5.73 Å². The number of nitrogens with one attached hydrogen (secondary N) is 3. The summed E-state index contributed by atoms with van der Waals surface area (Å²) in [6.07, 6.45) is 1.30. The maximum Gasteiger partial charge on any atom is 0.250 e. The predicted octanol–water partition coefficient (Wildman–Crippen LogP) is -0.951. The average Bonchev–Trinajstić information content (AvgIpc) is 2.95. The number of pyridine rings is 1. The molecule has 2 aromatic heterocycles. The van der Waals surface area contributed by atoms with Crippen LogP contribution >= 0.6 is 0 Å². The minimum absolute atomic E-state index is 0.0203. The number of nitrogens with two attached hydrogens (primary N) is 1. The molecule has 0 atom stereocenters. The van der Waals surface area contributed by atoms with Gasteiger partial charge >= 0.3 is 0 Å². The molecule has 0 saturated carbocycles. The van der Waals surface area contributed by atoms with Crippen molar-refractivity contribution in [2.75, 3.05) is 0 Å². The molecule has 0 bridgehead atoms. The van der Waals surface area contributed by atoms with Gasteiger partial charge in [0.1, 0.15) is 0 Å². The van der Waals surface area contributed by atoms with Crippen LogP contribution in [0.2, 0.25) is 0 Å². The van der Waals surface area contributed by atoms with Gasteiger partial charge < -0.3 is 10.7 Å². The van der Waals surface area contributed by atoms with Gasteiger partial charge in [0.25, 0.3) is 5.91 Å². The monoisotopic (exact) mass is 300 g/mol. The third kappa shape index (κ3) is 2.69. The Bertz CT molecular complexity index is 847. The Hall–Kier alpha value is -3.07. The third-order valence-electron chi connectivity index (χ3n) is 3.09. The fourth-order valence-electron chi connectivity index (χ4n) is 2.13. The Labute approximate surface area is 123 Å². The van der Waals surface area contributed by atoms with E-state index in [1.807, 2.05) is 0 Å². The van der Waals surface area contributed by atoms with Crippen molar-refractivity contribution < 1.29 is 9.59 Å². The van der Waals surface area contributed by atoms with Gasteiger partial charge in [-0.1, -0.05) is 0 Å². The van der Waals surface area contributed by atoms with Crippen LogP contribution in [-0.2, 0) is 16.1 Å². The van der Waals surface area contributed by atoms with Gasteiger partial charge in [0, 0.05) is 35.5 Å². The van der Waals surface area contributed by atoms with Crippen LogP contribution in [-0.4, -0.2) is 32.0 Å². The number of nitrogens with zero attached hydrogens (tertiary/aromatic N) is 2. The second kappa shape index (κ2) is 5.37. The standard InChI is InChI=1S/C13H12N6O3/c14-5-8-1-6(2-9(20)15-8)12-17-13(19-18-12)7-3-10(21)16-11(22)4-7/h1-3H,4-5,14H2,(H,15,20)(H,16,21,22)(H,17,18,19). The molecule has 0 radical (unpaired) electrons. The maximum absolute atomic E-state index is 11.6. The zero-order valence-electron chi connectivity index (χ0n) is 11.3. The van der Waals surface area contributed by atoms with Crippen molar-refractivity contribution >= 4 is 17.4 Å². The summed E-state index contributed by atoms with van der Waals surface area (Å²) >= 11 is 0. The van der Waals surface area contributed by atoms with E-state index in [9.17, 15) is 14.4 Å². The van der Waals surface area contributed by atoms with Gasteiger partial charge in [-0.3, -0.25) is 24.8 Å². The molecule has 1 aliphatic heterocycles. The minimum Gasteiger partial charge on any atom is -0.325 e. The van der Waals surface area contributed by atoms with Crippen molar-refractivity contribution in [1.29, 1.82) is 0 Å². The number of hydrogen-bond acceptors (Lipinski definition) is 6. The molecule has 22 heavy (non-hydrogen) atoms. The molecule has 0 fully saturated rings. The molecule has 9 nitrogen and oxygen atoms in total. The normalized spacial score (nSPS) is 14.7. The minimum atomic E-state index is -0.501. The van der Waals surface area contributed by atoms with E-state index in [-0.39, 0.29) is 24.3 Å². The van der Waals surface area contributed by atoms with Crippen LogP contribution in [0.4, 0.5) is 0 Å². The van der Waals surface area contributed by atoms with Crippen LogP contribution in [0.3, 0.4) is 0 Å². The first-order valence-corrected chi connectivity index (χ1v) is 6.46. The summed E-state index contributed by atoms with van der Waals surface area (Å²) in [6, 6.07) is 3.04. The van der Waals surface area contributed by atoms with E-state index in [1.54, 1.807) is 6.07 Å². The van der Waals surface area contributed by atoms with E-state index in [1.165, 1.54) is 12.1 Å². The van der Waals surface area contributed by atoms with E-state index >= 15 is 0 Å². The summed E-state index contributed by atoms with van der Waals surface area (Å²) in [4.78, 5) is 41.1. The average molecular weight is 300 g/mol. The lowest BCUT2D eigenvalue weighted by Crippen LogP contribution is -2.32. The van der Waals surface area contributed by atoms with Crippen molar-refractivity contribution in [3.63, 3.8) is 0 Å². The zero-order chi connectivity index (χ0) is 15.7. The second-order valence-electron chi connectivity index (χ2n) is 4.73. The van der Waals surface area contributed by atoms with Crippen LogP contribution in [0.15, 0.2) is 23.0 Å². The fraction of sp³-hybridized carbons (Fsp3) is 0.154. The summed E-state index contributed by atoms with van der Waals surface area (Å²) < 4.78 is 0. The van der Waals surface area contributed by atoms with Crippen molar-refractivity contribution in [2.24, 2.45) is 5.73 Å². The number of hydrogen-bond donors (Lipinski definition) is 4. The van der Waals surface area contributed by atoms with Crippen molar-refractivity contribution in [1.82, 2.24) is 25.5 Å². The molecule has 2 amide bonds. The van der Waals surface area contributed by atoms with E-state index in [0.717, 1.165) is 0 Å². The van der Waals surface area contributed by atoms with Crippen LogP contribution in [0.5, 0.6) is 0 Å². The van der Waals surface area contributed by atoms with Crippen LogP contribution in [0.1, 0.15) is 17.9 Å². The molecule has 0 aromatic carbocycles. The van der Waals surface area contributed by atoms with Crippen molar-refractivity contribution in [3.05, 3.63) is 40.1 Å². The van der Waals surface area contributed by atoms with Crippen molar-refractivity contribution in [3.8, 4) is 11.4 Å². The van der Waals surface area contributed by atoms with Gasteiger partial charge in [0.2, 0.25) is 11.5 Å². The highest BCUT2D eigenvalue weighted by Crippen LogP contribution is 2.20. The zero-order valence-corrected chi connectivity index (χ0v) is 11.3. The first kappa shape index (κ1) is 13.9. The van der Waals surface area contributed by atoms with Gasteiger partial charge in [-0.25, -0.2) is 4.98 Å². The van der Waals surface area contributed by atoms with Gasteiger partial charge in [-0.05, 0) is 6.07 Å². The lowest BCUT2D eigenvalue weighted by molar-refractivity contribution is -0.127. The maximum atomic E-state index is 11.6. The molecule has 3 rings (SSSR count). The predicted molar refractivity (Wildman–Crippen MR) is 76.1 cm³/mol. The smallest absolute Gasteiger partial charge is 0.250 e. The Balaban J connectivity index is 1.98. The van der Waals surface area contributed by atoms with E-state index in [2.05, 4.69) is 25.5 Å². The summed E-state index contributed by atoms with van der Waals surface area (Å²) in [5, 5.41) is 8.84. The molecule has 0 aliphatic carbocycles. The molecule has 3 heterocycles. The molecule has 0 spiro atoms. The lowest BCUT2D eigenvalue weighted by atomic mass is 10.1. The van der Waals surface area contributed by atoms with E-state index < -0.39 is 11.8 Å². The molecule has 1 aliphatic rings. The van der Waals surface area contributed by atoms with Crippen LogP contribution < -0.4 is 16.6 Å². The number of aromatic nitrogens is 4. The van der Waals surface area contributed by atoms with Crippen molar-refractivity contribution in [2.45, 2.75) is 13.0 Å². The second-order valence-corrected chi connectivity index (χ2v) is 4.73. The quantitative estimate of drug-likeness (QED) is 0.537. The Morgan fingerprint density at radius 2 is 2.05 bits per heavy atom. The Morgan fingerprint density at radius 3 is 2.77 bits per heavy atom. The SMILES string of the molecule is NCc1cc(-c2nc(C3=CC(=O)NC(=O)C3)n[nH]2)cc(=O)[nH]1. The fourth-order valence-corrected chi connectivity index (χ4v) is 2.13. The summed E-state index contributed by atoms with van der Waals surface area (Å²) in [5.74, 6) is -0.308. The lowest BCUT2D eigenvalue weighted by Gasteiger charge is -2.09. The number of aromatic amines is 2. The third-order valence-corrected chi connectivity index (χ3v) is 3.09. The Kier molecular flexibility index (Phi) is 3.39. The highest BCUT2D eigenvalue weighted by molar-refractivity contribution is 6.11. The summed E-state index contributed by atoms with van der Waals surface area (Å²) in [6.45, 7) is 0.184. The molecule has 9 heteroatoms. The first-order valence-electron chi connectivity index (χ1n) is 6.46. The highest BCUT2D eigenvalue weighted by atomic mass is 16.2. The number of rotatable bonds is 3. The molecule has 112 valence electrons. The van der Waals surface area contributed by atoms with Gasteiger partial charge in [0.05, 0.1) is 6.42 Å². The van der Waals surface area contributed by atoms with Crippen LogP contribution in [0.25, 0.3) is 17.0 Å². The van der Waals surface area contributed by atoms with Crippen LogP contribution in [0, 0.1) is 0 Å². The number of H-pyrrole nitrogens is 2.